The second-order valence-electron chi connectivity index (χ2n) is 4.77. The molecule has 0 fully saturated rings. The minimum Gasteiger partial charge on any atom is -0.350 e. The summed E-state index contributed by atoms with van der Waals surface area (Å²) in [4.78, 5) is 12.9. The molecule has 0 spiro atoms. The van der Waals surface area contributed by atoms with Crippen molar-refractivity contribution < 1.29 is 4.79 Å². The van der Waals surface area contributed by atoms with Crippen LogP contribution in [0.1, 0.15) is 15.9 Å². The number of ketones is 1. The van der Waals surface area contributed by atoms with Crippen LogP contribution < -0.4 is 0 Å². The van der Waals surface area contributed by atoms with Crippen LogP contribution in [0.5, 0.6) is 0 Å². The van der Waals surface area contributed by atoms with E-state index in [0.717, 1.165) is 18.9 Å². The zero-order valence-electron chi connectivity index (χ0n) is 11.0. The molecule has 0 aliphatic carbocycles. The van der Waals surface area contributed by atoms with Crippen LogP contribution in [0.3, 0.4) is 0 Å². The van der Waals surface area contributed by atoms with E-state index in [2.05, 4.69) is 38.5 Å². The van der Waals surface area contributed by atoms with Crippen molar-refractivity contribution in [3.05, 3.63) is 66.8 Å². The fourth-order valence-electron chi connectivity index (χ4n) is 2.35. The molecule has 1 aromatic heterocycles. The van der Waals surface area contributed by atoms with Gasteiger partial charge in [-0.15, -0.1) is 0 Å². The summed E-state index contributed by atoms with van der Waals surface area (Å²) in [5, 5.41) is 1.59. The highest BCUT2D eigenvalue weighted by atomic mass is 127. The topological polar surface area (TPSA) is 22.0 Å². The maximum atomic E-state index is 12.9. The molecule has 0 radical (unpaired) electrons. The van der Waals surface area contributed by atoms with Crippen molar-refractivity contribution in [1.29, 1.82) is 0 Å². The molecule has 2 nitrogen and oxygen atoms in total. The first-order chi connectivity index (χ1) is 9.97. The van der Waals surface area contributed by atoms with Crippen molar-refractivity contribution in [2.45, 2.75) is 0 Å². The van der Waals surface area contributed by atoms with Gasteiger partial charge in [0.05, 0.1) is 0 Å². The Labute approximate surface area is 149 Å². The van der Waals surface area contributed by atoms with Crippen molar-refractivity contribution in [2.24, 2.45) is 7.05 Å². The van der Waals surface area contributed by atoms with E-state index in [1.165, 1.54) is 0 Å². The molecule has 0 amide bonds. The Morgan fingerprint density at radius 2 is 1.95 bits per heavy atom. The molecular formula is C16H10BrClINO. The molecule has 0 atom stereocenters. The molecule has 106 valence electrons. The molecule has 3 rings (SSSR count). The van der Waals surface area contributed by atoms with Crippen LogP contribution in [-0.4, -0.2) is 10.4 Å². The summed E-state index contributed by atoms with van der Waals surface area (Å²) >= 11 is 11.6. The van der Waals surface area contributed by atoms with E-state index in [1.807, 2.05) is 54.2 Å². The van der Waals surface area contributed by atoms with E-state index in [0.29, 0.717) is 16.1 Å². The smallest absolute Gasteiger partial charge is 0.196 e. The number of benzene rings is 2. The summed E-state index contributed by atoms with van der Waals surface area (Å²) in [6.45, 7) is 0. The van der Waals surface area contributed by atoms with Crippen LogP contribution in [0.4, 0.5) is 0 Å². The van der Waals surface area contributed by atoms with Gasteiger partial charge in [0.2, 0.25) is 0 Å². The minimum atomic E-state index is 0.0219. The van der Waals surface area contributed by atoms with Gasteiger partial charge in [-0.1, -0.05) is 33.6 Å². The Morgan fingerprint density at radius 3 is 2.71 bits per heavy atom. The number of carbonyl (C=O) groups excluding carboxylic acids is 1. The fraction of sp³-hybridized carbons (Fsp3) is 0.0625. The molecule has 0 N–H and O–H groups in total. The Morgan fingerprint density at radius 1 is 1.19 bits per heavy atom. The number of hydrogen-bond donors (Lipinski definition) is 0. The lowest BCUT2D eigenvalue weighted by atomic mass is 10.0. The Bertz CT molecular complexity index is 872. The predicted molar refractivity (Wildman–Crippen MR) is 98.2 cm³/mol. The molecule has 0 aliphatic rings. The van der Waals surface area contributed by atoms with Crippen molar-refractivity contribution in [2.75, 3.05) is 0 Å². The number of aromatic nitrogens is 1. The molecule has 0 unspecified atom stereocenters. The summed E-state index contributed by atoms with van der Waals surface area (Å²) in [7, 11) is 1.92. The summed E-state index contributed by atoms with van der Waals surface area (Å²) < 4.78 is 3.76. The van der Waals surface area contributed by atoms with Crippen LogP contribution in [-0.2, 0) is 7.05 Å². The quantitative estimate of drug-likeness (QED) is 0.359. The van der Waals surface area contributed by atoms with Gasteiger partial charge in [0.25, 0.3) is 0 Å². The summed E-state index contributed by atoms with van der Waals surface area (Å²) in [6.07, 6.45) is 1.86. The van der Waals surface area contributed by atoms with Crippen LogP contribution >= 0.6 is 50.1 Å². The molecule has 2 aromatic carbocycles. The van der Waals surface area contributed by atoms with Gasteiger partial charge in [0.1, 0.15) is 0 Å². The number of nitrogens with zero attached hydrogens (tertiary/aromatic N) is 1. The van der Waals surface area contributed by atoms with Crippen molar-refractivity contribution in [3.63, 3.8) is 0 Å². The molecule has 3 aromatic rings. The lowest BCUT2D eigenvalue weighted by Crippen LogP contribution is -2.03. The number of carbonyl (C=O) groups is 1. The largest absolute Gasteiger partial charge is 0.350 e. The highest BCUT2D eigenvalue weighted by Gasteiger charge is 2.18. The van der Waals surface area contributed by atoms with Gasteiger partial charge >= 0.3 is 0 Å². The van der Waals surface area contributed by atoms with Crippen molar-refractivity contribution in [3.8, 4) is 0 Å². The molecule has 0 aliphatic heterocycles. The van der Waals surface area contributed by atoms with Gasteiger partial charge in [-0.3, -0.25) is 4.79 Å². The Hall–Kier alpha value is -0.850. The first-order valence-corrected chi connectivity index (χ1v) is 8.46. The third-order valence-corrected chi connectivity index (χ3v) is 5.04. The molecule has 5 heteroatoms. The van der Waals surface area contributed by atoms with Crippen LogP contribution in [0.2, 0.25) is 5.02 Å². The van der Waals surface area contributed by atoms with E-state index >= 15 is 0 Å². The second kappa shape index (κ2) is 5.74. The standard InChI is InChI=1S/C16H10BrClINO/c1-20-8-13(11-4-3-10(18)7-15(11)20)16(21)12-6-9(17)2-5-14(12)19/h2-8H,1H3. The normalized spacial score (nSPS) is 11.0. The molecule has 0 saturated carbocycles. The third kappa shape index (κ3) is 2.76. The van der Waals surface area contributed by atoms with Crippen molar-refractivity contribution in [1.82, 2.24) is 4.57 Å². The third-order valence-electron chi connectivity index (χ3n) is 3.37. The lowest BCUT2D eigenvalue weighted by Gasteiger charge is -2.04. The lowest BCUT2D eigenvalue weighted by molar-refractivity contribution is 0.103. The van der Waals surface area contributed by atoms with Crippen molar-refractivity contribution >= 4 is 66.8 Å². The van der Waals surface area contributed by atoms with Crippen LogP contribution in [0.25, 0.3) is 10.9 Å². The van der Waals surface area contributed by atoms with Gasteiger partial charge in [-0.2, -0.15) is 0 Å². The highest BCUT2D eigenvalue weighted by Crippen LogP contribution is 2.28. The van der Waals surface area contributed by atoms with Gasteiger partial charge in [-0.05, 0) is 52.9 Å². The van der Waals surface area contributed by atoms with Gasteiger partial charge in [-0.25, -0.2) is 0 Å². The fourth-order valence-corrected chi connectivity index (χ4v) is 3.46. The first kappa shape index (κ1) is 15.1. The number of aryl methyl sites for hydroxylation is 1. The number of fused-ring (bicyclic) bond motifs is 1. The zero-order chi connectivity index (χ0) is 15.1. The van der Waals surface area contributed by atoms with E-state index in [4.69, 9.17) is 11.6 Å². The number of rotatable bonds is 2. The average Bonchev–Trinajstić information content (AvgIpc) is 2.78. The van der Waals surface area contributed by atoms with E-state index < -0.39 is 0 Å². The van der Waals surface area contributed by atoms with E-state index in [-0.39, 0.29) is 5.78 Å². The highest BCUT2D eigenvalue weighted by molar-refractivity contribution is 14.1. The van der Waals surface area contributed by atoms with E-state index in [1.54, 1.807) is 0 Å². The van der Waals surface area contributed by atoms with Crippen LogP contribution in [0.15, 0.2) is 47.1 Å². The van der Waals surface area contributed by atoms with Gasteiger partial charge in [0, 0.05) is 48.3 Å². The zero-order valence-corrected chi connectivity index (χ0v) is 15.5. The Kier molecular flexibility index (Phi) is 4.12. The maximum absolute atomic E-state index is 12.9. The Balaban J connectivity index is 2.21. The number of hydrogen-bond acceptors (Lipinski definition) is 1. The van der Waals surface area contributed by atoms with Gasteiger partial charge < -0.3 is 4.57 Å². The average molecular weight is 475 g/mol. The van der Waals surface area contributed by atoms with E-state index in [9.17, 15) is 4.79 Å². The maximum Gasteiger partial charge on any atom is 0.196 e. The SMILES string of the molecule is Cn1cc(C(=O)c2cc(Br)ccc2I)c2ccc(Cl)cc21. The second-order valence-corrected chi connectivity index (χ2v) is 7.28. The molecule has 21 heavy (non-hydrogen) atoms. The van der Waals surface area contributed by atoms with Crippen LogP contribution in [0, 0.1) is 3.57 Å². The molecule has 0 bridgehead atoms. The van der Waals surface area contributed by atoms with Gasteiger partial charge in [0.15, 0.2) is 5.78 Å². The summed E-state index contributed by atoms with van der Waals surface area (Å²) in [5.41, 5.74) is 2.35. The first-order valence-electron chi connectivity index (χ1n) is 6.21. The minimum absolute atomic E-state index is 0.0219. The predicted octanol–water partition coefficient (Wildman–Crippen LogP) is 5.43. The summed E-state index contributed by atoms with van der Waals surface area (Å²) in [6, 6.07) is 11.3. The molecular weight excluding hydrogens is 464 g/mol. The molecule has 1 heterocycles. The summed E-state index contributed by atoms with van der Waals surface area (Å²) in [5.74, 6) is 0.0219. The number of halogens is 3. The molecule has 0 saturated heterocycles. The monoisotopic (exact) mass is 473 g/mol.